The maximum absolute atomic E-state index is 12.2. The summed E-state index contributed by atoms with van der Waals surface area (Å²) in [5, 5.41) is 2.94. The van der Waals surface area contributed by atoms with Crippen molar-refractivity contribution in [3.63, 3.8) is 0 Å². The molecular weight excluding hydrogens is 438 g/mol. The van der Waals surface area contributed by atoms with Crippen LogP contribution in [0.5, 0.6) is 0 Å². The smallest absolute Gasteiger partial charge is 0.272 e. The molecule has 0 saturated heterocycles. The predicted octanol–water partition coefficient (Wildman–Crippen LogP) is 2.85. The van der Waals surface area contributed by atoms with Crippen molar-refractivity contribution in [2.75, 3.05) is 26.2 Å². The van der Waals surface area contributed by atoms with Crippen LogP contribution in [0.4, 0.5) is 0 Å². The van der Waals surface area contributed by atoms with E-state index in [-0.39, 0.29) is 30.7 Å². The first kappa shape index (κ1) is 21.4. The molecule has 2 rings (SSSR count). The summed E-state index contributed by atoms with van der Waals surface area (Å²) in [5.41, 5.74) is 1.29. The Balaban J connectivity index is 0.00000220. The van der Waals surface area contributed by atoms with Crippen LogP contribution in [0.1, 0.15) is 24.3 Å². The lowest BCUT2D eigenvalue weighted by atomic mass is 10.4. The highest BCUT2D eigenvalue weighted by molar-refractivity contribution is 14.1. The number of imidazole rings is 1. The van der Waals surface area contributed by atoms with Crippen LogP contribution in [-0.2, 0) is 0 Å². The lowest BCUT2D eigenvalue weighted by molar-refractivity contribution is 0.0943. The van der Waals surface area contributed by atoms with E-state index in [9.17, 15) is 4.79 Å². The number of rotatable bonds is 6. The van der Waals surface area contributed by atoms with Crippen LogP contribution in [0.2, 0.25) is 0 Å². The molecule has 22 heavy (non-hydrogen) atoms. The summed E-state index contributed by atoms with van der Waals surface area (Å²) < 4.78 is 2.76. The van der Waals surface area contributed by atoms with E-state index in [0.29, 0.717) is 12.2 Å². The second-order valence-electron chi connectivity index (χ2n) is 4.46. The summed E-state index contributed by atoms with van der Waals surface area (Å²) in [7, 11) is 0. The monoisotopic (exact) mass is 458 g/mol. The Labute approximate surface area is 156 Å². The van der Waals surface area contributed by atoms with E-state index in [1.54, 1.807) is 0 Å². The first-order valence-corrected chi connectivity index (χ1v) is 7.88. The average Bonchev–Trinajstić information content (AvgIpc) is 2.81. The van der Waals surface area contributed by atoms with E-state index in [4.69, 9.17) is 0 Å². The summed E-state index contributed by atoms with van der Waals surface area (Å²) >= 11 is 2.16. The van der Waals surface area contributed by atoms with Gasteiger partial charge in [0.15, 0.2) is 5.69 Å². The van der Waals surface area contributed by atoms with Crippen molar-refractivity contribution in [1.29, 1.82) is 0 Å². The minimum absolute atomic E-state index is 0. The maximum Gasteiger partial charge on any atom is 0.272 e. The third-order valence-corrected chi connectivity index (χ3v) is 4.33. The van der Waals surface area contributed by atoms with Crippen molar-refractivity contribution in [2.45, 2.75) is 13.8 Å². The van der Waals surface area contributed by atoms with Gasteiger partial charge in [-0.3, -0.25) is 9.20 Å². The number of pyridine rings is 1. The quantitative estimate of drug-likeness (QED) is 0.677. The van der Waals surface area contributed by atoms with Crippen molar-refractivity contribution < 1.29 is 4.79 Å². The van der Waals surface area contributed by atoms with Gasteiger partial charge in [0.1, 0.15) is 9.35 Å². The van der Waals surface area contributed by atoms with Gasteiger partial charge in [-0.15, -0.1) is 24.8 Å². The van der Waals surface area contributed by atoms with Gasteiger partial charge in [-0.1, -0.05) is 19.9 Å². The Morgan fingerprint density at radius 2 is 2.00 bits per heavy atom. The first-order valence-electron chi connectivity index (χ1n) is 6.80. The Hall–Kier alpha value is -0.570. The fourth-order valence-corrected chi connectivity index (χ4v) is 2.84. The Morgan fingerprint density at radius 1 is 1.32 bits per heavy atom. The van der Waals surface area contributed by atoms with Crippen LogP contribution in [0.3, 0.4) is 0 Å². The van der Waals surface area contributed by atoms with Gasteiger partial charge < -0.3 is 10.2 Å². The zero-order chi connectivity index (χ0) is 14.5. The molecular formula is C14H21Cl2IN4O. The Morgan fingerprint density at radius 3 is 2.59 bits per heavy atom. The molecule has 0 radical (unpaired) electrons. The molecule has 5 nitrogen and oxygen atoms in total. The molecule has 0 aliphatic heterocycles. The number of nitrogens with one attached hydrogen (secondary N) is 1. The van der Waals surface area contributed by atoms with E-state index in [0.717, 1.165) is 29.0 Å². The van der Waals surface area contributed by atoms with Gasteiger partial charge in [-0.25, -0.2) is 4.98 Å². The fraction of sp³-hybridized carbons (Fsp3) is 0.429. The molecule has 0 aromatic carbocycles. The van der Waals surface area contributed by atoms with Crippen molar-refractivity contribution in [3.05, 3.63) is 33.8 Å². The summed E-state index contributed by atoms with van der Waals surface area (Å²) in [5.74, 6) is -0.106. The highest BCUT2D eigenvalue weighted by Gasteiger charge is 2.16. The zero-order valence-electron chi connectivity index (χ0n) is 12.6. The third-order valence-electron chi connectivity index (χ3n) is 3.29. The molecule has 1 amide bonds. The Kier molecular flexibility index (Phi) is 9.99. The van der Waals surface area contributed by atoms with Gasteiger partial charge in [0.2, 0.25) is 0 Å². The summed E-state index contributed by atoms with van der Waals surface area (Å²) in [6.07, 6.45) is 1.91. The van der Waals surface area contributed by atoms with Crippen LogP contribution in [-0.4, -0.2) is 46.4 Å². The van der Waals surface area contributed by atoms with Crippen LogP contribution >= 0.6 is 47.4 Å². The molecule has 2 heterocycles. The lowest BCUT2D eigenvalue weighted by Gasteiger charge is -2.17. The molecule has 0 aliphatic rings. The second kappa shape index (κ2) is 10.3. The van der Waals surface area contributed by atoms with Crippen molar-refractivity contribution >= 4 is 59.0 Å². The number of hydrogen-bond acceptors (Lipinski definition) is 3. The minimum Gasteiger partial charge on any atom is -0.349 e. The number of hydrogen-bond donors (Lipinski definition) is 1. The zero-order valence-corrected chi connectivity index (χ0v) is 16.4. The van der Waals surface area contributed by atoms with Crippen LogP contribution in [0.25, 0.3) is 5.65 Å². The number of amides is 1. The van der Waals surface area contributed by atoms with Gasteiger partial charge >= 0.3 is 0 Å². The van der Waals surface area contributed by atoms with Crippen LogP contribution < -0.4 is 5.32 Å². The molecule has 0 atom stereocenters. The number of carbonyl (C=O) groups excluding carboxylic acids is 1. The van der Waals surface area contributed by atoms with E-state index in [1.807, 2.05) is 28.8 Å². The largest absolute Gasteiger partial charge is 0.349 e. The number of likely N-dealkylation sites (N-methyl/N-ethyl adjacent to an activating group) is 1. The lowest BCUT2D eigenvalue weighted by Crippen LogP contribution is -2.35. The second-order valence-corrected chi connectivity index (χ2v) is 5.48. The molecule has 124 valence electrons. The highest BCUT2D eigenvalue weighted by Crippen LogP contribution is 2.14. The fourth-order valence-electron chi connectivity index (χ4n) is 2.06. The first-order chi connectivity index (χ1) is 9.67. The third kappa shape index (κ3) is 4.97. The normalized spacial score (nSPS) is 10.2. The van der Waals surface area contributed by atoms with Crippen LogP contribution in [0, 0.1) is 3.70 Å². The van der Waals surface area contributed by atoms with Gasteiger partial charge in [0, 0.05) is 19.3 Å². The number of aromatic nitrogens is 2. The number of carbonyl (C=O) groups is 1. The van der Waals surface area contributed by atoms with E-state index < -0.39 is 0 Å². The van der Waals surface area contributed by atoms with Gasteiger partial charge in [0.25, 0.3) is 5.91 Å². The van der Waals surface area contributed by atoms with Crippen molar-refractivity contribution in [1.82, 2.24) is 19.6 Å². The van der Waals surface area contributed by atoms with Gasteiger partial charge in [-0.05, 0) is 47.8 Å². The predicted molar refractivity (Wildman–Crippen MR) is 103 cm³/mol. The van der Waals surface area contributed by atoms with E-state index in [1.165, 1.54) is 0 Å². The van der Waals surface area contributed by atoms with E-state index >= 15 is 0 Å². The molecule has 1 N–H and O–H groups in total. The molecule has 0 fully saturated rings. The number of fused-ring (bicyclic) bond motifs is 1. The van der Waals surface area contributed by atoms with Crippen molar-refractivity contribution in [3.8, 4) is 0 Å². The molecule has 0 bridgehead atoms. The summed E-state index contributed by atoms with van der Waals surface area (Å²) in [4.78, 5) is 18.8. The SMILES string of the molecule is CCN(CC)CCNC(=O)c1nc2ccccn2c1I.Cl.Cl. The minimum atomic E-state index is -0.106. The molecule has 0 saturated carbocycles. The summed E-state index contributed by atoms with van der Waals surface area (Å²) in [6, 6.07) is 5.74. The van der Waals surface area contributed by atoms with E-state index in [2.05, 4.69) is 51.6 Å². The summed E-state index contributed by atoms with van der Waals surface area (Å²) in [6.45, 7) is 7.75. The Bertz CT molecular complexity index is 602. The maximum atomic E-state index is 12.2. The standard InChI is InChI=1S/C14H19IN4O.2ClH/c1-3-18(4-2)10-8-16-14(20)12-13(15)19-9-6-5-7-11(19)17-12;;/h5-7,9H,3-4,8,10H2,1-2H3,(H,16,20);2*1H. The topological polar surface area (TPSA) is 49.6 Å². The molecule has 2 aromatic rings. The molecule has 0 unspecified atom stereocenters. The molecule has 8 heteroatoms. The van der Waals surface area contributed by atoms with Crippen molar-refractivity contribution in [2.24, 2.45) is 0 Å². The highest BCUT2D eigenvalue weighted by atomic mass is 127. The molecule has 0 aliphatic carbocycles. The molecule has 0 spiro atoms. The van der Waals surface area contributed by atoms with Gasteiger partial charge in [-0.2, -0.15) is 0 Å². The van der Waals surface area contributed by atoms with Gasteiger partial charge in [0.05, 0.1) is 0 Å². The average molecular weight is 459 g/mol. The molecule has 2 aromatic heterocycles. The number of halogens is 3. The number of nitrogens with zero attached hydrogens (tertiary/aromatic N) is 3. The van der Waals surface area contributed by atoms with Crippen LogP contribution in [0.15, 0.2) is 24.4 Å².